The molecule has 3 heteroatoms. The van der Waals surface area contributed by atoms with E-state index in [1.165, 1.54) is 11.1 Å². The molecule has 0 spiro atoms. The molecule has 0 amide bonds. The molecule has 4 bridgehead atoms. The van der Waals surface area contributed by atoms with Crippen LogP contribution in [0.15, 0.2) is 54.6 Å². The summed E-state index contributed by atoms with van der Waals surface area (Å²) in [4.78, 5) is 14.8. The lowest BCUT2D eigenvalue weighted by molar-refractivity contribution is -0.165. The average Bonchev–Trinajstić information content (AvgIpc) is 2.86. The maximum atomic E-state index is 12.6. The van der Waals surface area contributed by atoms with Gasteiger partial charge in [0.15, 0.2) is 0 Å². The summed E-state index contributed by atoms with van der Waals surface area (Å²) in [6.45, 7) is 2.80. The fourth-order valence-electron chi connectivity index (χ4n) is 4.67. The van der Waals surface area contributed by atoms with Gasteiger partial charge in [0.25, 0.3) is 0 Å². The molecule has 5 rings (SSSR count). The van der Waals surface area contributed by atoms with Crippen LogP contribution in [-0.4, -0.2) is 16.4 Å². The molecule has 2 aromatic carbocycles. The number of carbonyl (C=O) groups is 1. The summed E-state index contributed by atoms with van der Waals surface area (Å²) in [6, 6.07) is 18.7. The summed E-state index contributed by atoms with van der Waals surface area (Å²) in [5, 5.41) is 0. The fraction of sp³-hybridized carbons (Fsp3) is 0.316. The predicted octanol–water partition coefficient (Wildman–Crippen LogP) is 3.16. The molecule has 0 N–H and O–H groups in total. The van der Waals surface area contributed by atoms with Crippen LogP contribution in [0.25, 0.3) is 0 Å². The Hall–Kier alpha value is -2.13. The van der Waals surface area contributed by atoms with Crippen LogP contribution in [0.1, 0.15) is 36.0 Å². The minimum Gasteiger partial charge on any atom is -0.437 e. The van der Waals surface area contributed by atoms with Crippen LogP contribution < -0.4 is 0 Å². The van der Waals surface area contributed by atoms with Crippen molar-refractivity contribution in [3.8, 4) is 0 Å². The number of hydrogen-bond donors (Lipinski definition) is 0. The standard InChI is InChI=1S/C19H17NO2/c1-18-11-16-15-10-6-5-7-13(15)12-20(18)19(16,22-17(18)21)14-8-3-2-4-9-14/h2-10,16H,11-12H2,1H3. The predicted molar refractivity (Wildman–Crippen MR) is 82.0 cm³/mol. The normalized spacial score (nSPS) is 37.8. The first-order chi connectivity index (χ1) is 10.7. The molecule has 2 fully saturated rings. The zero-order valence-corrected chi connectivity index (χ0v) is 12.5. The van der Waals surface area contributed by atoms with E-state index in [1.54, 1.807) is 0 Å². The first-order valence-corrected chi connectivity index (χ1v) is 7.81. The second kappa shape index (κ2) is 3.79. The molecule has 4 unspecified atom stereocenters. The summed E-state index contributed by atoms with van der Waals surface area (Å²) in [6.07, 6.45) is 0.831. The summed E-state index contributed by atoms with van der Waals surface area (Å²) < 4.78 is 6.05. The lowest BCUT2D eigenvalue weighted by atomic mass is 9.77. The van der Waals surface area contributed by atoms with E-state index in [9.17, 15) is 4.79 Å². The van der Waals surface area contributed by atoms with E-state index in [1.807, 2.05) is 25.1 Å². The van der Waals surface area contributed by atoms with E-state index in [2.05, 4.69) is 41.3 Å². The molecular formula is C19H17NO2. The molecule has 3 nitrogen and oxygen atoms in total. The number of rotatable bonds is 1. The van der Waals surface area contributed by atoms with E-state index in [-0.39, 0.29) is 11.9 Å². The van der Waals surface area contributed by atoms with Crippen molar-refractivity contribution in [1.29, 1.82) is 0 Å². The number of hydrogen-bond acceptors (Lipinski definition) is 3. The van der Waals surface area contributed by atoms with Gasteiger partial charge in [-0.05, 0) is 24.5 Å². The molecule has 3 aliphatic heterocycles. The van der Waals surface area contributed by atoms with Crippen molar-refractivity contribution in [2.45, 2.75) is 37.1 Å². The van der Waals surface area contributed by atoms with E-state index < -0.39 is 11.3 Å². The highest BCUT2D eigenvalue weighted by Crippen LogP contribution is 2.64. The first kappa shape index (κ1) is 12.4. The first-order valence-electron chi connectivity index (χ1n) is 7.81. The lowest BCUT2D eigenvalue weighted by Gasteiger charge is -2.42. The van der Waals surface area contributed by atoms with Gasteiger partial charge in [-0.1, -0.05) is 54.6 Å². The van der Waals surface area contributed by atoms with Crippen molar-refractivity contribution in [3.05, 3.63) is 71.3 Å². The van der Waals surface area contributed by atoms with Crippen molar-refractivity contribution in [1.82, 2.24) is 4.90 Å². The minimum atomic E-state index is -0.624. The summed E-state index contributed by atoms with van der Waals surface area (Å²) >= 11 is 0. The van der Waals surface area contributed by atoms with Gasteiger partial charge in [0.2, 0.25) is 5.72 Å². The van der Waals surface area contributed by atoms with Gasteiger partial charge < -0.3 is 4.74 Å². The van der Waals surface area contributed by atoms with Crippen molar-refractivity contribution in [2.75, 3.05) is 0 Å². The van der Waals surface area contributed by atoms with Gasteiger partial charge in [0.05, 0.1) is 0 Å². The monoisotopic (exact) mass is 291 g/mol. The van der Waals surface area contributed by atoms with E-state index in [4.69, 9.17) is 4.74 Å². The van der Waals surface area contributed by atoms with Gasteiger partial charge >= 0.3 is 5.97 Å². The number of esters is 1. The topological polar surface area (TPSA) is 29.5 Å². The Labute approximate surface area is 129 Å². The average molecular weight is 291 g/mol. The van der Waals surface area contributed by atoms with Crippen LogP contribution in [0.5, 0.6) is 0 Å². The van der Waals surface area contributed by atoms with Crippen LogP contribution in [-0.2, 0) is 21.8 Å². The van der Waals surface area contributed by atoms with Crippen LogP contribution in [0.4, 0.5) is 0 Å². The number of nitrogens with zero attached hydrogens (tertiary/aromatic N) is 1. The molecule has 2 saturated heterocycles. The Morgan fingerprint density at radius 3 is 2.64 bits per heavy atom. The number of ether oxygens (including phenoxy) is 1. The Balaban J connectivity index is 1.80. The Morgan fingerprint density at radius 2 is 1.82 bits per heavy atom. The third kappa shape index (κ3) is 1.21. The third-order valence-electron chi connectivity index (χ3n) is 5.71. The van der Waals surface area contributed by atoms with E-state index >= 15 is 0 Å². The van der Waals surface area contributed by atoms with Gasteiger partial charge in [-0.2, -0.15) is 0 Å². The molecule has 3 heterocycles. The molecule has 0 saturated carbocycles. The Bertz CT molecular complexity index is 787. The fourth-order valence-corrected chi connectivity index (χ4v) is 4.67. The van der Waals surface area contributed by atoms with E-state index in [0.717, 1.165) is 18.5 Å². The molecule has 0 aliphatic carbocycles. The Morgan fingerprint density at radius 1 is 1.09 bits per heavy atom. The van der Waals surface area contributed by atoms with Gasteiger partial charge in [-0.3, -0.25) is 0 Å². The molecule has 4 atom stereocenters. The maximum Gasteiger partial charge on any atom is 0.328 e. The number of fused-ring (bicyclic) bond motifs is 2. The van der Waals surface area contributed by atoms with Crippen LogP contribution in [0.3, 0.4) is 0 Å². The second-order valence-corrected chi connectivity index (χ2v) is 6.77. The summed E-state index contributed by atoms with van der Waals surface area (Å²) in [5.41, 5.74) is 2.60. The minimum absolute atomic E-state index is 0.0830. The van der Waals surface area contributed by atoms with Crippen LogP contribution >= 0.6 is 0 Å². The van der Waals surface area contributed by atoms with E-state index in [0.29, 0.717) is 0 Å². The second-order valence-electron chi connectivity index (χ2n) is 6.77. The highest BCUT2D eigenvalue weighted by molar-refractivity contribution is 5.86. The van der Waals surface area contributed by atoms with Crippen molar-refractivity contribution in [3.63, 3.8) is 0 Å². The molecule has 3 aliphatic rings. The maximum absolute atomic E-state index is 12.6. The number of carbonyl (C=O) groups excluding carboxylic acids is 1. The van der Waals surface area contributed by atoms with Crippen molar-refractivity contribution < 1.29 is 9.53 Å². The molecule has 110 valence electrons. The molecule has 22 heavy (non-hydrogen) atoms. The SMILES string of the molecule is CC12CC3c4ccccc4CN1C3(c1ccccc1)OC2=O. The summed E-state index contributed by atoms with van der Waals surface area (Å²) in [7, 11) is 0. The van der Waals surface area contributed by atoms with Crippen LogP contribution in [0.2, 0.25) is 0 Å². The largest absolute Gasteiger partial charge is 0.437 e. The van der Waals surface area contributed by atoms with Crippen molar-refractivity contribution in [2.24, 2.45) is 0 Å². The third-order valence-corrected chi connectivity index (χ3v) is 5.71. The zero-order chi connectivity index (χ0) is 14.9. The van der Waals surface area contributed by atoms with Gasteiger partial charge in [0, 0.05) is 18.0 Å². The lowest BCUT2D eigenvalue weighted by Crippen LogP contribution is -2.48. The quantitative estimate of drug-likeness (QED) is 0.756. The van der Waals surface area contributed by atoms with Crippen LogP contribution in [0, 0.1) is 0 Å². The van der Waals surface area contributed by atoms with Gasteiger partial charge in [-0.25, -0.2) is 9.69 Å². The molecular weight excluding hydrogens is 274 g/mol. The summed E-state index contributed by atoms with van der Waals surface area (Å²) in [5.74, 6) is 0.128. The highest BCUT2D eigenvalue weighted by Gasteiger charge is 2.73. The number of benzene rings is 2. The van der Waals surface area contributed by atoms with Crippen molar-refractivity contribution >= 4 is 5.97 Å². The molecule has 2 aromatic rings. The smallest absolute Gasteiger partial charge is 0.328 e. The highest BCUT2D eigenvalue weighted by atomic mass is 16.6. The Kier molecular flexibility index (Phi) is 2.14. The van der Waals surface area contributed by atoms with Gasteiger partial charge in [0.1, 0.15) is 5.54 Å². The molecule has 0 radical (unpaired) electrons. The molecule has 0 aromatic heterocycles. The zero-order valence-electron chi connectivity index (χ0n) is 12.5. The van der Waals surface area contributed by atoms with Gasteiger partial charge in [-0.15, -0.1) is 0 Å².